The van der Waals surface area contributed by atoms with Gasteiger partial charge in [-0.05, 0) is 45.6 Å². The van der Waals surface area contributed by atoms with Gasteiger partial charge in [-0.25, -0.2) is 9.18 Å². The Balaban J connectivity index is 0.000000270. The lowest BCUT2D eigenvalue weighted by Gasteiger charge is -2.18. The molecule has 0 spiro atoms. The van der Waals surface area contributed by atoms with Crippen molar-refractivity contribution >= 4 is 28.0 Å². The van der Waals surface area contributed by atoms with E-state index in [0.29, 0.717) is 4.47 Å². The highest BCUT2D eigenvalue weighted by Crippen LogP contribution is 2.23. The molecule has 0 amide bonds. The molecule has 2 rings (SSSR count). The summed E-state index contributed by atoms with van der Waals surface area (Å²) in [6.45, 7) is 3.75. The molecule has 1 aliphatic rings. The Bertz CT molecular complexity index is 541. The SMILES string of the molecule is Cc1cc(C=C2CNC2)cc(F)c1Br.O=C(O)C(F)(F)F. The van der Waals surface area contributed by atoms with Crippen molar-refractivity contribution in [3.05, 3.63) is 39.1 Å². The van der Waals surface area contributed by atoms with Crippen LogP contribution in [0, 0.1) is 12.7 Å². The third-order valence-corrected chi connectivity index (χ3v) is 3.55. The highest BCUT2D eigenvalue weighted by Gasteiger charge is 2.38. The first-order chi connectivity index (χ1) is 9.61. The first-order valence-electron chi connectivity index (χ1n) is 5.77. The van der Waals surface area contributed by atoms with Crippen LogP contribution < -0.4 is 5.32 Å². The molecule has 0 radical (unpaired) electrons. The van der Waals surface area contributed by atoms with Gasteiger partial charge in [0.15, 0.2) is 0 Å². The van der Waals surface area contributed by atoms with E-state index in [0.717, 1.165) is 24.2 Å². The standard InChI is InChI=1S/C11H11BrFN.C2HF3O2/c1-7-2-8(3-9-5-14-6-9)4-10(13)11(7)12;3-2(4,5)1(6)7/h2-4,14H,5-6H2,1H3;(H,6,7). The van der Waals surface area contributed by atoms with Crippen molar-refractivity contribution < 1.29 is 27.5 Å². The fourth-order valence-corrected chi connectivity index (χ4v) is 1.67. The fraction of sp³-hybridized carbons (Fsp3) is 0.308. The van der Waals surface area contributed by atoms with Crippen LogP contribution in [-0.2, 0) is 4.79 Å². The maximum absolute atomic E-state index is 13.3. The molecule has 0 aliphatic carbocycles. The molecule has 2 N–H and O–H groups in total. The van der Waals surface area contributed by atoms with Crippen LogP contribution in [-0.4, -0.2) is 30.3 Å². The second-order valence-electron chi connectivity index (χ2n) is 4.34. The number of carboxylic acids is 1. The Kier molecular flexibility index (Phi) is 5.91. The highest BCUT2D eigenvalue weighted by molar-refractivity contribution is 9.10. The molecule has 0 unspecified atom stereocenters. The van der Waals surface area contributed by atoms with E-state index >= 15 is 0 Å². The van der Waals surface area contributed by atoms with E-state index in [1.165, 1.54) is 5.57 Å². The van der Waals surface area contributed by atoms with Crippen LogP contribution in [0.25, 0.3) is 6.08 Å². The van der Waals surface area contributed by atoms with Gasteiger partial charge in [-0.3, -0.25) is 0 Å². The number of alkyl halides is 3. The molecule has 8 heteroatoms. The van der Waals surface area contributed by atoms with Gasteiger partial charge in [0.25, 0.3) is 0 Å². The number of hydrogen-bond acceptors (Lipinski definition) is 2. The van der Waals surface area contributed by atoms with E-state index in [-0.39, 0.29) is 5.82 Å². The van der Waals surface area contributed by atoms with Crippen LogP contribution in [0.5, 0.6) is 0 Å². The Hall–Kier alpha value is -1.41. The molecule has 1 aliphatic heterocycles. The van der Waals surface area contributed by atoms with Crippen molar-refractivity contribution in [2.24, 2.45) is 0 Å². The third-order valence-electron chi connectivity index (χ3n) is 2.55. The molecule has 0 atom stereocenters. The Morgan fingerprint density at radius 2 is 1.90 bits per heavy atom. The first kappa shape index (κ1) is 17.6. The molecule has 1 aromatic rings. The molecule has 0 bridgehead atoms. The Labute approximate surface area is 126 Å². The summed E-state index contributed by atoms with van der Waals surface area (Å²) in [6, 6.07) is 3.54. The second-order valence-corrected chi connectivity index (χ2v) is 5.14. The van der Waals surface area contributed by atoms with Crippen LogP contribution in [0.2, 0.25) is 0 Å². The molecule has 0 aromatic heterocycles. The normalized spacial score (nSPS) is 13.9. The van der Waals surface area contributed by atoms with Gasteiger partial charge in [0.05, 0.1) is 4.47 Å². The van der Waals surface area contributed by atoms with Crippen molar-refractivity contribution in [2.75, 3.05) is 13.1 Å². The summed E-state index contributed by atoms with van der Waals surface area (Å²) in [4.78, 5) is 8.90. The summed E-state index contributed by atoms with van der Waals surface area (Å²) in [5.41, 5.74) is 3.20. The van der Waals surface area contributed by atoms with E-state index in [2.05, 4.69) is 21.2 Å². The zero-order chi connectivity index (χ0) is 16.2. The van der Waals surface area contributed by atoms with Crippen LogP contribution in [0.4, 0.5) is 17.6 Å². The maximum atomic E-state index is 13.3. The van der Waals surface area contributed by atoms with Crippen molar-refractivity contribution in [1.29, 1.82) is 0 Å². The summed E-state index contributed by atoms with van der Waals surface area (Å²) in [6.07, 6.45) is -3.04. The topological polar surface area (TPSA) is 49.3 Å². The largest absolute Gasteiger partial charge is 0.490 e. The molecular formula is C13H12BrF4NO2. The number of hydrogen-bond donors (Lipinski definition) is 2. The van der Waals surface area contributed by atoms with E-state index in [1.807, 2.05) is 19.1 Å². The minimum Gasteiger partial charge on any atom is -0.475 e. The zero-order valence-corrected chi connectivity index (χ0v) is 12.5. The monoisotopic (exact) mass is 369 g/mol. The van der Waals surface area contributed by atoms with Gasteiger partial charge in [0.1, 0.15) is 5.82 Å². The number of carboxylic acid groups (broad SMARTS) is 1. The average molecular weight is 370 g/mol. The molecular weight excluding hydrogens is 358 g/mol. The second kappa shape index (κ2) is 7.04. The summed E-state index contributed by atoms with van der Waals surface area (Å²) in [5.74, 6) is -2.95. The highest BCUT2D eigenvalue weighted by atomic mass is 79.9. The molecule has 1 heterocycles. The van der Waals surface area contributed by atoms with Crippen LogP contribution in [0.15, 0.2) is 22.2 Å². The van der Waals surface area contributed by atoms with Crippen LogP contribution in [0.3, 0.4) is 0 Å². The smallest absolute Gasteiger partial charge is 0.475 e. The van der Waals surface area contributed by atoms with E-state index in [4.69, 9.17) is 9.90 Å². The molecule has 116 valence electrons. The van der Waals surface area contributed by atoms with Gasteiger partial charge in [0, 0.05) is 13.1 Å². The number of nitrogens with one attached hydrogen (secondary N) is 1. The molecule has 21 heavy (non-hydrogen) atoms. The molecule has 1 fully saturated rings. The first-order valence-corrected chi connectivity index (χ1v) is 6.56. The lowest BCUT2D eigenvalue weighted by Crippen LogP contribution is -2.33. The van der Waals surface area contributed by atoms with Gasteiger partial charge in [-0.1, -0.05) is 12.1 Å². The Morgan fingerprint density at radius 3 is 2.24 bits per heavy atom. The average Bonchev–Trinajstić information content (AvgIpc) is 2.30. The number of halogens is 5. The molecule has 0 saturated carbocycles. The number of carbonyl (C=O) groups is 1. The summed E-state index contributed by atoms with van der Waals surface area (Å²) in [5, 5.41) is 10.3. The lowest BCUT2D eigenvalue weighted by molar-refractivity contribution is -0.192. The van der Waals surface area contributed by atoms with Gasteiger partial charge < -0.3 is 10.4 Å². The van der Waals surface area contributed by atoms with Gasteiger partial charge in [0.2, 0.25) is 0 Å². The minimum absolute atomic E-state index is 0.191. The van der Waals surface area contributed by atoms with Crippen molar-refractivity contribution in [2.45, 2.75) is 13.1 Å². The minimum atomic E-state index is -5.08. The summed E-state index contributed by atoms with van der Waals surface area (Å²) < 4.78 is 45.6. The lowest BCUT2D eigenvalue weighted by atomic mass is 10.0. The number of benzene rings is 1. The zero-order valence-electron chi connectivity index (χ0n) is 10.9. The number of rotatable bonds is 1. The molecule has 1 aromatic carbocycles. The van der Waals surface area contributed by atoms with E-state index < -0.39 is 12.1 Å². The number of aryl methyl sites for hydroxylation is 1. The quantitative estimate of drug-likeness (QED) is 0.744. The third kappa shape index (κ3) is 5.47. The van der Waals surface area contributed by atoms with E-state index in [1.54, 1.807) is 6.07 Å². The van der Waals surface area contributed by atoms with E-state index in [9.17, 15) is 17.6 Å². The van der Waals surface area contributed by atoms with Crippen LogP contribution in [0.1, 0.15) is 11.1 Å². The van der Waals surface area contributed by atoms with Gasteiger partial charge >= 0.3 is 12.1 Å². The predicted octanol–water partition coefficient (Wildman–Crippen LogP) is 3.52. The molecule has 3 nitrogen and oxygen atoms in total. The molecule has 1 saturated heterocycles. The van der Waals surface area contributed by atoms with Crippen molar-refractivity contribution in [3.63, 3.8) is 0 Å². The van der Waals surface area contributed by atoms with Crippen molar-refractivity contribution in [1.82, 2.24) is 5.32 Å². The van der Waals surface area contributed by atoms with Crippen LogP contribution >= 0.6 is 15.9 Å². The summed E-state index contributed by atoms with van der Waals surface area (Å²) in [7, 11) is 0. The van der Waals surface area contributed by atoms with Gasteiger partial charge in [-0.15, -0.1) is 0 Å². The Morgan fingerprint density at radius 1 is 1.38 bits per heavy atom. The van der Waals surface area contributed by atoms with Crippen molar-refractivity contribution in [3.8, 4) is 0 Å². The fourth-order valence-electron chi connectivity index (χ4n) is 1.44. The maximum Gasteiger partial charge on any atom is 0.490 e. The van der Waals surface area contributed by atoms with Gasteiger partial charge in [-0.2, -0.15) is 13.2 Å². The number of aliphatic carboxylic acids is 1. The predicted molar refractivity (Wildman–Crippen MR) is 73.4 cm³/mol. The summed E-state index contributed by atoms with van der Waals surface area (Å²) >= 11 is 3.20.